The molecule has 1 aromatic carbocycles. The Kier molecular flexibility index (Phi) is 6.31. The molecule has 0 amide bonds. The lowest BCUT2D eigenvalue weighted by atomic mass is 9.89. The molecule has 0 radical (unpaired) electrons. The van der Waals surface area contributed by atoms with E-state index in [1.807, 2.05) is 0 Å². The Morgan fingerprint density at radius 2 is 2.00 bits per heavy atom. The van der Waals surface area contributed by atoms with E-state index in [9.17, 15) is 0 Å². The van der Waals surface area contributed by atoms with Crippen LogP contribution >= 0.6 is 31.9 Å². The predicted molar refractivity (Wildman–Crippen MR) is 83.7 cm³/mol. The molecule has 2 N–H and O–H groups in total. The van der Waals surface area contributed by atoms with E-state index in [2.05, 4.69) is 76.1 Å². The number of nitrogens with one attached hydrogen (secondary N) is 1. The average Bonchev–Trinajstić information content (AvgIpc) is 2.26. The van der Waals surface area contributed by atoms with Crippen LogP contribution in [0.3, 0.4) is 0 Å². The highest BCUT2D eigenvalue weighted by Crippen LogP contribution is 2.27. The largest absolute Gasteiger partial charge is 0.396 e. The molecule has 18 heavy (non-hydrogen) atoms. The van der Waals surface area contributed by atoms with Gasteiger partial charge in [-0.3, -0.25) is 0 Å². The Balaban J connectivity index is 2.63. The lowest BCUT2D eigenvalue weighted by molar-refractivity contribution is 0.203. The molecule has 0 aliphatic rings. The highest BCUT2D eigenvalue weighted by molar-refractivity contribution is 9.11. The Morgan fingerprint density at radius 1 is 1.33 bits per heavy atom. The second-order valence-corrected chi connectivity index (χ2v) is 7.18. The van der Waals surface area contributed by atoms with E-state index in [0.717, 1.165) is 21.9 Å². The molecule has 1 aromatic rings. The van der Waals surface area contributed by atoms with Crippen LogP contribution in [-0.4, -0.2) is 18.3 Å². The van der Waals surface area contributed by atoms with Crippen LogP contribution in [-0.2, 0) is 0 Å². The SMILES string of the molecule is CC(NCC(C)(C)CCO)c1ccc(Br)cc1Br. The summed E-state index contributed by atoms with van der Waals surface area (Å²) in [4.78, 5) is 0. The minimum absolute atomic E-state index is 0.116. The minimum Gasteiger partial charge on any atom is -0.396 e. The van der Waals surface area contributed by atoms with Crippen LogP contribution in [0.25, 0.3) is 0 Å². The van der Waals surface area contributed by atoms with Gasteiger partial charge in [-0.2, -0.15) is 0 Å². The summed E-state index contributed by atoms with van der Waals surface area (Å²) >= 11 is 7.05. The molecule has 0 saturated heterocycles. The van der Waals surface area contributed by atoms with Crippen LogP contribution in [0.4, 0.5) is 0 Å². The Hall–Kier alpha value is 0.1000. The van der Waals surface area contributed by atoms with E-state index in [1.54, 1.807) is 0 Å². The molecule has 0 heterocycles. The van der Waals surface area contributed by atoms with Crippen LogP contribution in [0.2, 0.25) is 0 Å². The van der Waals surface area contributed by atoms with Gasteiger partial charge < -0.3 is 10.4 Å². The number of aliphatic hydroxyl groups excluding tert-OH is 1. The van der Waals surface area contributed by atoms with Gasteiger partial charge in [0.1, 0.15) is 0 Å². The fraction of sp³-hybridized carbons (Fsp3) is 0.571. The third-order valence-electron chi connectivity index (χ3n) is 3.10. The molecule has 0 aliphatic heterocycles. The van der Waals surface area contributed by atoms with Crippen LogP contribution < -0.4 is 5.32 Å². The third kappa shape index (κ3) is 5.00. The third-order valence-corrected chi connectivity index (χ3v) is 4.28. The van der Waals surface area contributed by atoms with E-state index < -0.39 is 0 Å². The summed E-state index contributed by atoms with van der Waals surface area (Å²) in [5.74, 6) is 0. The van der Waals surface area contributed by atoms with Crippen molar-refractivity contribution in [3.8, 4) is 0 Å². The van der Waals surface area contributed by atoms with Gasteiger partial charge in [-0.05, 0) is 36.5 Å². The second kappa shape index (κ2) is 7.04. The first-order valence-corrected chi connectivity index (χ1v) is 7.73. The number of aliphatic hydroxyl groups is 1. The van der Waals surface area contributed by atoms with Crippen molar-refractivity contribution < 1.29 is 5.11 Å². The fourth-order valence-corrected chi connectivity index (χ4v) is 3.17. The molecule has 102 valence electrons. The number of hydrogen-bond acceptors (Lipinski definition) is 2. The lowest BCUT2D eigenvalue weighted by Crippen LogP contribution is -2.32. The summed E-state index contributed by atoms with van der Waals surface area (Å²) in [5, 5.41) is 12.5. The van der Waals surface area contributed by atoms with Crippen molar-refractivity contribution in [3.63, 3.8) is 0 Å². The molecule has 1 rings (SSSR count). The maximum atomic E-state index is 9.02. The summed E-state index contributed by atoms with van der Waals surface area (Å²) < 4.78 is 2.18. The topological polar surface area (TPSA) is 32.3 Å². The van der Waals surface area contributed by atoms with Gasteiger partial charge in [0.05, 0.1) is 0 Å². The Bertz CT molecular complexity index is 393. The molecule has 0 spiro atoms. The van der Waals surface area contributed by atoms with Gasteiger partial charge in [-0.15, -0.1) is 0 Å². The summed E-state index contributed by atoms with van der Waals surface area (Å²) in [6.45, 7) is 7.62. The molecule has 0 fully saturated rings. The summed E-state index contributed by atoms with van der Waals surface area (Å²) in [6.07, 6.45) is 0.814. The zero-order valence-electron chi connectivity index (χ0n) is 11.1. The summed E-state index contributed by atoms with van der Waals surface area (Å²) in [7, 11) is 0. The van der Waals surface area contributed by atoms with Gasteiger partial charge in [-0.1, -0.05) is 51.8 Å². The first-order chi connectivity index (χ1) is 8.35. The molecule has 2 nitrogen and oxygen atoms in total. The van der Waals surface area contributed by atoms with Crippen molar-refractivity contribution in [1.82, 2.24) is 5.32 Å². The smallest absolute Gasteiger partial charge is 0.0436 e. The fourth-order valence-electron chi connectivity index (χ4n) is 1.78. The first-order valence-electron chi connectivity index (χ1n) is 6.15. The van der Waals surface area contributed by atoms with Crippen LogP contribution in [0.15, 0.2) is 27.1 Å². The van der Waals surface area contributed by atoms with Crippen LogP contribution in [0.5, 0.6) is 0 Å². The zero-order chi connectivity index (χ0) is 13.8. The van der Waals surface area contributed by atoms with Crippen LogP contribution in [0, 0.1) is 5.41 Å². The van der Waals surface area contributed by atoms with Crippen molar-refractivity contribution in [2.45, 2.75) is 33.2 Å². The molecule has 1 atom stereocenters. The Labute approximate surface area is 126 Å². The Morgan fingerprint density at radius 3 is 2.56 bits per heavy atom. The monoisotopic (exact) mass is 377 g/mol. The quantitative estimate of drug-likeness (QED) is 0.774. The second-order valence-electron chi connectivity index (χ2n) is 5.41. The van der Waals surface area contributed by atoms with Crippen molar-refractivity contribution in [2.75, 3.05) is 13.2 Å². The number of hydrogen-bond donors (Lipinski definition) is 2. The molecule has 0 saturated carbocycles. The van der Waals surface area contributed by atoms with Gasteiger partial charge in [0.25, 0.3) is 0 Å². The van der Waals surface area contributed by atoms with Gasteiger partial charge in [0, 0.05) is 28.1 Å². The van der Waals surface area contributed by atoms with Gasteiger partial charge >= 0.3 is 0 Å². The molecule has 0 bridgehead atoms. The molecular formula is C14H21Br2NO. The van der Waals surface area contributed by atoms with Crippen molar-refractivity contribution in [2.24, 2.45) is 5.41 Å². The lowest BCUT2D eigenvalue weighted by Gasteiger charge is -2.27. The van der Waals surface area contributed by atoms with E-state index >= 15 is 0 Å². The molecular weight excluding hydrogens is 358 g/mol. The minimum atomic E-state index is 0.116. The van der Waals surface area contributed by atoms with Crippen molar-refractivity contribution >= 4 is 31.9 Å². The van der Waals surface area contributed by atoms with E-state index in [4.69, 9.17) is 5.11 Å². The summed E-state index contributed by atoms with van der Waals surface area (Å²) in [5.41, 5.74) is 1.36. The van der Waals surface area contributed by atoms with E-state index in [1.165, 1.54) is 5.56 Å². The number of rotatable bonds is 6. The molecule has 0 aromatic heterocycles. The summed E-state index contributed by atoms with van der Waals surface area (Å²) in [6, 6.07) is 6.51. The van der Waals surface area contributed by atoms with Crippen LogP contribution in [0.1, 0.15) is 38.8 Å². The normalized spacial score (nSPS) is 13.7. The molecule has 1 unspecified atom stereocenters. The maximum Gasteiger partial charge on any atom is 0.0436 e. The van der Waals surface area contributed by atoms with Gasteiger partial charge in [-0.25, -0.2) is 0 Å². The first kappa shape index (κ1) is 16.2. The highest BCUT2D eigenvalue weighted by atomic mass is 79.9. The van der Waals surface area contributed by atoms with E-state index in [-0.39, 0.29) is 18.1 Å². The highest BCUT2D eigenvalue weighted by Gasteiger charge is 2.19. The van der Waals surface area contributed by atoms with Crippen molar-refractivity contribution in [3.05, 3.63) is 32.7 Å². The number of halogens is 2. The molecule has 4 heteroatoms. The van der Waals surface area contributed by atoms with Crippen molar-refractivity contribution in [1.29, 1.82) is 0 Å². The number of benzene rings is 1. The van der Waals surface area contributed by atoms with Gasteiger partial charge in [0.2, 0.25) is 0 Å². The zero-order valence-corrected chi connectivity index (χ0v) is 14.3. The molecule has 0 aliphatic carbocycles. The van der Waals surface area contributed by atoms with E-state index in [0.29, 0.717) is 0 Å². The maximum absolute atomic E-state index is 9.02. The standard InChI is InChI=1S/C14H21Br2NO/c1-10(17-9-14(2,3)6-7-18)12-5-4-11(15)8-13(12)16/h4-5,8,10,17-18H,6-7,9H2,1-3H3. The van der Waals surface area contributed by atoms with Gasteiger partial charge in [0.15, 0.2) is 0 Å². The average molecular weight is 379 g/mol. The predicted octanol–water partition coefficient (Wildman–Crippen LogP) is 4.27.